The molecule has 4 rings (SSSR count). The standard InChI is InChI=1S/C27H35N5O/c1-32(2)26-23-12-6-7-13-24(23)30-27(31-26)29-22-17-15-21(16-18-22)19-28-25(33)14-8-11-20-9-4-3-5-10-20/h3-7,9-10,12-13,21-22H,8,11,14-19H2,1-2H3,(H,28,33)(H,29,30,31)/t21-,22+. The zero-order valence-corrected chi connectivity index (χ0v) is 19.8. The normalized spacial score (nSPS) is 18.1. The SMILES string of the molecule is CN(C)c1nc(N[C@H]2CC[C@@H](CNC(=O)CCCc3ccccc3)CC2)nc2ccccc12. The fraction of sp³-hybridized carbons (Fsp3) is 0.444. The van der Waals surface area contributed by atoms with Crippen molar-refractivity contribution in [1.82, 2.24) is 15.3 Å². The van der Waals surface area contributed by atoms with Crippen LogP contribution in [0.15, 0.2) is 54.6 Å². The van der Waals surface area contributed by atoms with E-state index >= 15 is 0 Å². The van der Waals surface area contributed by atoms with E-state index in [1.54, 1.807) is 0 Å². The molecule has 174 valence electrons. The lowest BCUT2D eigenvalue weighted by atomic mass is 9.86. The molecule has 0 radical (unpaired) electrons. The molecule has 0 aliphatic heterocycles. The molecule has 6 nitrogen and oxygen atoms in total. The second-order valence-electron chi connectivity index (χ2n) is 9.29. The zero-order chi connectivity index (χ0) is 23.0. The van der Waals surface area contributed by atoms with Gasteiger partial charge < -0.3 is 15.5 Å². The fourth-order valence-electron chi connectivity index (χ4n) is 4.60. The number of anilines is 2. The van der Waals surface area contributed by atoms with Crippen molar-refractivity contribution in [3.8, 4) is 0 Å². The molecule has 0 bridgehead atoms. The topological polar surface area (TPSA) is 70.2 Å². The monoisotopic (exact) mass is 445 g/mol. The molecule has 1 saturated carbocycles. The van der Waals surface area contributed by atoms with Gasteiger partial charge in [-0.2, -0.15) is 4.98 Å². The van der Waals surface area contributed by atoms with Crippen molar-refractivity contribution in [2.24, 2.45) is 5.92 Å². The minimum atomic E-state index is 0.173. The van der Waals surface area contributed by atoms with Gasteiger partial charge in [-0.1, -0.05) is 42.5 Å². The quantitative estimate of drug-likeness (QED) is 0.495. The van der Waals surface area contributed by atoms with Gasteiger partial charge in [-0.25, -0.2) is 4.98 Å². The number of aryl methyl sites for hydroxylation is 1. The lowest BCUT2D eigenvalue weighted by Crippen LogP contribution is -2.34. The number of nitrogens with one attached hydrogen (secondary N) is 2. The highest BCUT2D eigenvalue weighted by Gasteiger charge is 2.22. The zero-order valence-electron chi connectivity index (χ0n) is 19.8. The van der Waals surface area contributed by atoms with Gasteiger partial charge >= 0.3 is 0 Å². The lowest BCUT2D eigenvalue weighted by molar-refractivity contribution is -0.121. The molecule has 2 aromatic carbocycles. The van der Waals surface area contributed by atoms with Crippen LogP contribution in [0.1, 0.15) is 44.1 Å². The van der Waals surface area contributed by atoms with E-state index in [-0.39, 0.29) is 5.91 Å². The van der Waals surface area contributed by atoms with E-state index in [9.17, 15) is 4.79 Å². The molecule has 0 unspecified atom stereocenters. The second-order valence-corrected chi connectivity index (χ2v) is 9.29. The Morgan fingerprint density at radius 1 is 0.970 bits per heavy atom. The number of para-hydroxylation sites is 1. The number of hydrogen-bond acceptors (Lipinski definition) is 5. The van der Waals surface area contributed by atoms with E-state index < -0.39 is 0 Å². The number of rotatable bonds is 9. The average Bonchev–Trinajstić information content (AvgIpc) is 2.84. The van der Waals surface area contributed by atoms with Crippen molar-refractivity contribution in [2.45, 2.75) is 51.0 Å². The molecular weight excluding hydrogens is 410 g/mol. The van der Waals surface area contributed by atoms with E-state index in [0.717, 1.165) is 61.8 Å². The molecule has 1 amide bonds. The predicted octanol–water partition coefficient (Wildman–Crippen LogP) is 4.81. The van der Waals surface area contributed by atoms with E-state index in [0.29, 0.717) is 24.3 Å². The van der Waals surface area contributed by atoms with Crippen LogP contribution in [-0.2, 0) is 11.2 Å². The van der Waals surface area contributed by atoms with Crippen molar-refractivity contribution in [3.05, 3.63) is 60.2 Å². The summed E-state index contributed by atoms with van der Waals surface area (Å²) in [4.78, 5) is 23.8. The molecule has 33 heavy (non-hydrogen) atoms. The number of benzene rings is 2. The number of aromatic nitrogens is 2. The molecule has 0 saturated heterocycles. The minimum absolute atomic E-state index is 0.173. The van der Waals surface area contributed by atoms with Gasteiger partial charge in [0.05, 0.1) is 5.52 Å². The fourth-order valence-corrected chi connectivity index (χ4v) is 4.60. The van der Waals surface area contributed by atoms with Gasteiger partial charge in [0.25, 0.3) is 0 Å². The molecule has 6 heteroatoms. The third kappa shape index (κ3) is 6.44. The van der Waals surface area contributed by atoms with Crippen LogP contribution < -0.4 is 15.5 Å². The van der Waals surface area contributed by atoms with E-state index in [2.05, 4.69) is 28.8 Å². The summed E-state index contributed by atoms with van der Waals surface area (Å²) in [5, 5.41) is 7.78. The average molecular weight is 446 g/mol. The van der Waals surface area contributed by atoms with Crippen LogP contribution in [-0.4, -0.2) is 42.6 Å². The first-order valence-electron chi connectivity index (χ1n) is 12.1. The van der Waals surface area contributed by atoms with Crippen LogP contribution >= 0.6 is 0 Å². The summed E-state index contributed by atoms with van der Waals surface area (Å²) in [7, 11) is 4.03. The Kier molecular flexibility index (Phi) is 7.76. The first-order valence-corrected chi connectivity index (χ1v) is 12.1. The maximum atomic E-state index is 12.2. The third-order valence-electron chi connectivity index (χ3n) is 6.49. The molecule has 3 aromatic rings. The molecule has 0 atom stereocenters. The van der Waals surface area contributed by atoms with Crippen LogP contribution in [0.3, 0.4) is 0 Å². The highest BCUT2D eigenvalue weighted by Crippen LogP contribution is 2.28. The molecule has 0 spiro atoms. The summed E-state index contributed by atoms with van der Waals surface area (Å²) >= 11 is 0. The first-order chi connectivity index (χ1) is 16.1. The van der Waals surface area contributed by atoms with E-state index in [4.69, 9.17) is 9.97 Å². The number of nitrogens with zero attached hydrogens (tertiary/aromatic N) is 3. The predicted molar refractivity (Wildman–Crippen MR) is 136 cm³/mol. The van der Waals surface area contributed by atoms with Gasteiger partial charge in [-0.15, -0.1) is 0 Å². The third-order valence-corrected chi connectivity index (χ3v) is 6.49. The maximum Gasteiger partial charge on any atom is 0.225 e. The largest absolute Gasteiger partial charge is 0.362 e. The van der Waals surface area contributed by atoms with Gasteiger partial charge in [0.2, 0.25) is 11.9 Å². The molecule has 1 heterocycles. The second kappa shape index (κ2) is 11.1. The van der Waals surface area contributed by atoms with Crippen LogP contribution in [0.5, 0.6) is 0 Å². The van der Waals surface area contributed by atoms with Gasteiger partial charge in [0.15, 0.2) is 0 Å². The highest BCUT2D eigenvalue weighted by atomic mass is 16.1. The van der Waals surface area contributed by atoms with Gasteiger partial charge in [0, 0.05) is 38.5 Å². The Morgan fingerprint density at radius 3 is 2.45 bits per heavy atom. The van der Waals surface area contributed by atoms with Crippen LogP contribution in [0, 0.1) is 5.92 Å². The summed E-state index contributed by atoms with van der Waals surface area (Å²) in [5.41, 5.74) is 2.26. The van der Waals surface area contributed by atoms with Crippen molar-refractivity contribution in [3.63, 3.8) is 0 Å². The summed E-state index contributed by atoms with van der Waals surface area (Å²) in [6, 6.07) is 18.9. The van der Waals surface area contributed by atoms with Crippen LogP contribution in [0.25, 0.3) is 10.9 Å². The van der Waals surface area contributed by atoms with Gasteiger partial charge in [-0.3, -0.25) is 4.79 Å². The maximum absolute atomic E-state index is 12.2. The summed E-state index contributed by atoms with van der Waals surface area (Å²) < 4.78 is 0. The van der Waals surface area contributed by atoms with Crippen molar-refractivity contribution in [1.29, 1.82) is 0 Å². The Labute approximate surface area is 196 Å². The molecule has 2 N–H and O–H groups in total. The minimum Gasteiger partial charge on any atom is -0.362 e. The lowest BCUT2D eigenvalue weighted by Gasteiger charge is -2.29. The molecule has 1 aromatic heterocycles. The van der Waals surface area contributed by atoms with Gasteiger partial charge in [0.1, 0.15) is 5.82 Å². The molecule has 1 aliphatic rings. The Bertz CT molecular complexity index is 1040. The smallest absolute Gasteiger partial charge is 0.225 e. The van der Waals surface area contributed by atoms with E-state index in [1.807, 2.05) is 55.4 Å². The van der Waals surface area contributed by atoms with Crippen LogP contribution in [0.4, 0.5) is 11.8 Å². The number of carbonyl (C=O) groups is 1. The van der Waals surface area contributed by atoms with Crippen molar-refractivity contribution >= 4 is 28.6 Å². The summed E-state index contributed by atoms with van der Waals surface area (Å²) in [6.45, 7) is 0.786. The van der Waals surface area contributed by atoms with Crippen molar-refractivity contribution < 1.29 is 4.79 Å². The Hall–Kier alpha value is -3.15. The molecule has 1 fully saturated rings. The Balaban J connectivity index is 1.20. The van der Waals surface area contributed by atoms with Crippen molar-refractivity contribution in [2.75, 3.05) is 30.9 Å². The summed E-state index contributed by atoms with van der Waals surface area (Å²) in [5.74, 6) is 2.36. The van der Waals surface area contributed by atoms with Gasteiger partial charge in [-0.05, 0) is 62.1 Å². The number of amides is 1. The van der Waals surface area contributed by atoms with Crippen LogP contribution in [0.2, 0.25) is 0 Å². The molecular formula is C27H35N5O. The Morgan fingerprint density at radius 2 is 1.70 bits per heavy atom. The van der Waals surface area contributed by atoms with E-state index in [1.165, 1.54) is 5.56 Å². The summed E-state index contributed by atoms with van der Waals surface area (Å²) in [6.07, 6.45) is 6.81. The number of carbonyl (C=O) groups excluding carboxylic acids is 1. The number of hydrogen-bond donors (Lipinski definition) is 2. The molecule has 1 aliphatic carbocycles. The first kappa shape index (κ1) is 23.0. The highest BCUT2D eigenvalue weighted by molar-refractivity contribution is 5.90. The number of fused-ring (bicyclic) bond motifs is 1.